The predicted molar refractivity (Wildman–Crippen MR) is 103 cm³/mol. The molecule has 6 heteroatoms. The number of benzene rings is 1. The minimum atomic E-state index is -0.568. The molecule has 0 spiro atoms. The summed E-state index contributed by atoms with van der Waals surface area (Å²) in [6.45, 7) is 5.85. The van der Waals surface area contributed by atoms with Crippen LogP contribution in [0.2, 0.25) is 0 Å². The van der Waals surface area contributed by atoms with Crippen molar-refractivity contribution in [3.05, 3.63) is 35.4 Å². The van der Waals surface area contributed by atoms with Crippen LogP contribution in [0, 0.1) is 11.3 Å². The molecule has 27 heavy (non-hydrogen) atoms. The van der Waals surface area contributed by atoms with Crippen LogP contribution in [-0.2, 0) is 4.74 Å². The molecule has 1 aliphatic carbocycles. The molecule has 0 unspecified atom stereocenters. The van der Waals surface area contributed by atoms with Gasteiger partial charge in [-0.3, -0.25) is 4.79 Å². The molecule has 0 atom stereocenters. The van der Waals surface area contributed by atoms with Crippen LogP contribution in [0.25, 0.3) is 0 Å². The second-order valence-electron chi connectivity index (χ2n) is 8.19. The maximum Gasteiger partial charge on any atom is 0.408 e. The summed E-state index contributed by atoms with van der Waals surface area (Å²) in [7, 11) is 0. The number of nitrogens with one attached hydrogen (secondary N) is 2. The highest BCUT2D eigenvalue weighted by Crippen LogP contribution is 2.27. The lowest BCUT2D eigenvalue weighted by molar-refractivity contribution is 0.0437. The van der Waals surface area contributed by atoms with E-state index >= 15 is 0 Å². The van der Waals surface area contributed by atoms with E-state index in [4.69, 9.17) is 10.00 Å². The molecule has 1 fully saturated rings. The monoisotopic (exact) mass is 371 g/mol. The van der Waals surface area contributed by atoms with Gasteiger partial charge in [-0.05, 0) is 57.9 Å². The summed E-state index contributed by atoms with van der Waals surface area (Å²) in [6, 6.07) is 8.55. The van der Waals surface area contributed by atoms with Crippen LogP contribution >= 0.6 is 0 Å². The third-order valence-corrected chi connectivity index (χ3v) is 4.69. The number of amides is 2. The molecule has 1 aromatic rings. The van der Waals surface area contributed by atoms with Crippen LogP contribution in [0.4, 0.5) is 4.79 Å². The van der Waals surface area contributed by atoms with Crippen LogP contribution in [0.5, 0.6) is 0 Å². The Morgan fingerprint density at radius 2 is 1.70 bits per heavy atom. The molecule has 2 rings (SSSR count). The molecule has 2 amide bonds. The first-order chi connectivity index (χ1) is 12.7. The van der Waals surface area contributed by atoms with Gasteiger partial charge < -0.3 is 15.4 Å². The van der Waals surface area contributed by atoms with Gasteiger partial charge in [-0.25, -0.2) is 4.79 Å². The average molecular weight is 371 g/mol. The zero-order valence-electron chi connectivity index (χ0n) is 16.4. The molecule has 0 bridgehead atoms. The lowest BCUT2D eigenvalue weighted by Gasteiger charge is -2.35. The van der Waals surface area contributed by atoms with Crippen LogP contribution in [0.15, 0.2) is 24.3 Å². The van der Waals surface area contributed by atoms with Crippen LogP contribution in [-0.4, -0.2) is 29.7 Å². The second kappa shape index (κ2) is 8.90. The van der Waals surface area contributed by atoms with Gasteiger partial charge in [-0.1, -0.05) is 25.7 Å². The molecule has 0 heterocycles. The van der Waals surface area contributed by atoms with Gasteiger partial charge in [0.1, 0.15) is 5.60 Å². The van der Waals surface area contributed by atoms with Crippen molar-refractivity contribution in [2.45, 2.75) is 70.4 Å². The van der Waals surface area contributed by atoms with Crippen molar-refractivity contribution in [3.8, 4) is 6.07 Å². The largest absolute Gasteiger partial charge is 0.444 e. The molecular weight excluding hydrogens is 342 g/mol. The quantitative estimate of drug-likeness (QED) is 0.785. The lowest BCUT2D eigenvalue weighted by Crippen LogP contribution is -2.56. The fraction of sp³-hybridized carbons (Fsp3) is 0.571. The van der Waals surface area contributed by atoms with Gasteiger partial charge in [0.15, 0.2) is 0 Å². The van der Waals surface area contributed by atoms with Gasteiger partial charge in [0.2, 0.25) is 0 Å². The van der Waals surface area contributed by atoms with Gasteiger partial charge in [0.25, 0.3) is 5.91 Å². The van der Waals surface area contributed by atoms with E-state index in [-0.39, 0.29) is 5.91 Å². The molecule has 1 aliphatic rings. The van der Waals surface area contributed by atoms with Crippen molar-refractivity contribution >= 4 is 12.0 Å². The fourth-order valence-corrected chi connectivity index (χ4v) is 3.32. The van der Waals surface area contributed by atoms with E-state index < -0.39 is 17.2 Å². The Labute approximate surface area is 161 Å². The van der Waals surface area contributed by atoms with Crippen LogP contribution in [0.1, 0.15) is 75.2 Å². The Bertz CT molecular complexity index is 691. The molecule has 2 N–H and O–H groups in total. The molecular formula is C21H29N3O3. The Morgan fingerprint density at radius 3 is 2.22 bits per heavy atom. The fourth-order valence-electron chi connectivity index (χ4n) is 3.32. The van der Waals surface area contributed by atoms with E-state index in [0.717, 1.165) is 38.5 Å². The Kier molecular flexibility index (Phi) is 6.84. The molecule has 6 nitrogen and oxygen atoms in total. The summed E-state index contributed by atoms with van der Waals surface area (Å²) in [5.74, 6) is -0.214. The smallest absolute Gasteiger partial charge is 0.408 e. The van der Waals surface area contributed by atoms with E-state index in [2.05, 4.69) is 10.6 Å². The van der Waals surface area contributed by atoms with Crippen molar-refractivity contribution in [1.82, 2.24) is 10.6 Å². The zero-order valence-corrected chi connectivity index (χ0v) is 16.4. The van der Waals surface area contributed by atoms with E-state index in [1.165, 1.54) is 0 Å². The summed E-state index contributed by atoms with van der Waals surface area (Å²) in [6.07, 6.45) is 5.42. The summed E-state index contributed by atoms with van der Waals surface area (Å²) in [5, 5.41) is 14.8. The maximum absolute atomic E-state index is 12.5. The first-order valence-electron chi connectivity index (χ1n) is 9.53. The molecule has 146 valence electrons. The number of carbonyl (C=O) groups is 2. The second-order valence-corrected chi connectivity index (χ2v) is 8.19. The maximum atomic E-state index is 12.5. The van der Waals surface area contributed by atoms with E-state index in [1.807, 2.05) is 26.8 Å². The minimum absolute atomic E-state index is 0.214. The van der Waals surface area contributed by atoms with Crippen molar-refractivity contribution < 1.29 is 14.3 Å². The van der Waals surface area contributed by atoms with Crippen LogP contribution < -0.4 is 10.6 Å². The predicted octanol–water partition coefficient (Wildman–Crippen LogP) is 3.91. The van der Waals surface area contributed by atoms with Crippen molar-refractivity contribution in [1.29, 1.82) is 5.26 Å². The summed E-state index contributed by atoms with van der Waals surface area (Å²) in [5.41, 5.74) is -0.0588. The highest BCUT2D eigenvalue weighted by molar-refractivity contribution is 5.94. The van der Waals surface area contributed by atoms with E-state index in [0.29, 0.717) is 17.7 Å². The molecule has 0 saturated heterocycles. The number of rotatable bonds is 4. The Balaban J connectivity index is 2.06. The first-order valence-corrected chi connectivity index (χ1v) is 9.53. The normalized spacial score (nSPS) is 16.5. The van der Waals surface area contributed by atoms with Crippen molar-refractivity contribution in [2.24, 2.45) is 0 Å². The topological polar surface area (TPSA) is 91.2 Å². The number of nitrogens with zero attached hydrogens (tertiary/aromatic N) is 1. The van der Waals surface area contributed by atoms with Gasteiger partial charge in [-0.15, -0.1) is 0 Å². The van der Waals surface area contributed by atoms with E-state index in [9.17, 15) is 9.59 Å². The zero-order chi connectivity index (χ0) is 19.9. The summed E-state index contributed by atoms with van der Waals surface area (Å²) < 4.78 is 5.43. The molecule has 0 aliphatic heterocycles. The van der Waals surface area contributed by atoms with Crippen LogP contribution in [0.3, 0.4) is 0 Å². The van der Waals surface area contributed by atoms with Gasteiger partial charge in [0.05, 0.1) is 17.2 Å². The van der Waals surface area contributed by atoms with Crippen molar-refractivity contribution in [3.63, 3.8) is 0 Å². The van der Waals surface area contributed by atoms with E-state index in [1.54, 1.807) is 24.3 Å². The number of alkyl carbamates (subject to hydrolysis) is 1. The third-order valence-electron chi connectivity index (χ3n) is 4.69. The standard InChI is InChI=1S/C21H29N3O3/c1-20(2,3)27-19(26)24-21(12-6-4-5-7-13-21)15-23-18(25)17-10-8-16(14-22)9-11-17/h8-11H,4-7,12-13,15H2,1-3H3,(H,23,25)(H,24,26). The Morgan fingerprint density at radius 1 is 1.11 bits per heavy atom. The molecule has 1 saturated carbocycles. The van der Waals surface area contributed by atoms with Crippen molar-refractivity contribution in [2.75, 3.05) is 6.54 Å². The highest BCUT2D eigenvalue weighted by atomic mass is 16.6. The third kappa shape index (κ3) is 6.59. The molecule has 1 aromatic carbocycles. The SMILES string of the molecule is CC(C)(C)OC(=O)NC1(CNC(=O)c2ccc(C#N)cc2)CCCCCC1. The number of hydrogen-bond donors (Lipinski definition) is 2. The highest BCUT2D eigenvalue weighted by Gasteiger charge is 2.34. The van der Waals surface area contributed by atoms with Gasteiger partial charge >= 0.3 is 6.09 Å². The first kappa shape index (κ1) is 20.8. The van der Waals surface area contributed by atoms with Gasteiger partial charge in [0, 0.05) is 12.1 Å². The van der Waals surface area contributed by atoms with Gasteiger partial charge in [-0.2, -0.15) is 5.26 Å². The summed E-state index contributed by atoms with van der Waals surface area (Å²) in [4.78, 5) is 24.8. The average Bonchev–Trinajstić information content (AvgIpc) is 2.84. The number of carbonyl (C=O) groups excluding carboxylic acids is 2. The lowest BCUT2D eigenvalue weighted by atomic mass is 9.90. The number of ether oxygens (including phenoxy) is 1. The minimum Gasteiger partial charge on any atom is -0.444 e. The summed E-state index contributed by atoms with van der Waals surface area (Å²) >= 11 is 0. The molecule has 0 radical (unpaired) electrons. The Hall–Kier alpha value is -2.55. The number of hydrogen-bond acceptors (Lipinski definition) is 4. The number of nitriles is 1. The molecule has 0 aromatic heterocycles.